The molecular weight excluding hydrogens is 210 g/mol. The van der Waals surface area contributed by atoms with Gasteiger partial charge in [0.05, 0.1) is 7.11 Å². The third-order valence-corrected chi connectivity index (χ3v) is 3.32. The first kappa shape index (κ1) is 14.0. The third-order valence-electron chi connectivity index (χ3n) is 3.32. The van der Waals surface area contributed by atoms with Crippen molar-refractivity contribution >= 4 is 0 Å². The van der Waals surface area contributed by atoms with Gasteiger partial charge in [-0.25, -0.2) is 0 Å². The van der Waals surface area contributed by atoms with Gasteiger partial charge >= 0.3 is 0 Å². The van der Waals surface area contributed by atoms with E-state index in [0.29, 0.717) is 11.8 Å². The molecule has 0 saturated carbocycles. The Balaban J connectivity index is 2.92. The maximum absolute atomic E-state index is 5.47. The van der Waals surface area contributed by atoms with E-state index in [2.05, 4.69) is 51.0 Å². The molecule has 0 bridgehead atoms. The highest BCUT2D eigenvalue weighted by Gasteiger charge is 2.20. The van der Waals surface area contributed by atoms with Crippen LogP contribution in [0.2, 0.25) is 0 Å². The Morgan fingerprint density at radius 2 is 1.88 bits per heavy atom. The number of rotatable bonds is 6. The molecule has 1 rings (SSSR count). The van der Waals surface area contributed by atoms with E-state index in [1.807, 2.05) is 6.07 Å². The first-order valence-corrected chi connectivity index (χ1v) is 6.37. The third kappa shape index (κ3) is 3.74. The summed E-state index contributed by atoms with van der Waals surface area (Å²) in [6.45, 7) is 5.68. The van der Waals surface area contributed by atoms with Crippen molar-refractivity contribution in [2.45, 2.75) is 26.2 Å². The lowest BCUT2D eigenvalue weighted by molar-refractivity contribution is 0.296. The second-order valence-electron chi connectivity index (χ2n) is 5.00. The molecule has 0 N–H and O–H groups in total. The highest BCUT2D eigenvalue weighted by molar-refractivity contribution is 5.36. The number of para-hydroxylation sites is 1. The van der Waals surface area contributed by atoms with Crippen LogP contribution in [0.3, 0.4) is 0 Å². The quantitative estimate of drug-likeness (QED) is 0.749. The SMILES string of the molecule is CCC(c1ccccc1OC)C(C)CN(C)C. The molecule has 0 aliphatic carbocycles. The minimum atomic E-state index is 0.563. The standard InChI is InChI=1S/C15H25NO/c1-6-13(12(2)11-16(3)4)14-9-7-8-10-15(14)17-5/h7-10,12-13H,6,11H2,1-5H3. The number of methoxy groups -OCH3 is 1. The van der Waals surface area contributed by atoms with Gasteiger partial charge in [-0.3, -0.25) is 0 Å². The fraction of sp³-hybridized carbons (Fsp3) is 0.600. The van der Waals surface area contributed by atoms with E-state index < -0.39 is 0 Å². The van der Waals surface area contributed by atoms with E-state index in [9.17, 15) is 0 Å². The van der Waals surface area contributed by atoms with Gasteiger partial charge in [-0.1, -0.05) is 32.0 Å². The molecule has 0 aromatic heterocycles. The van der Waals surface area contributed by atoms with Crippen LogP contribution in [0.5, 0.6) is 5.75 Å². The van der Waals surface area contributed by atoms with Gasteiger partial charge in [0.1, 0.15) is 5.75 Å². The number of nitrogens with zero attached hydrogens (tertiary/aromatic N) is 1. The minimum Gasteiger partial charge on any atom is -0.496 e. The molecule has 0 aliphatic heterocycles. The summed E-state index contributed by atoms with van der Waals surface area (Å²) in [6.07, 6.45) is 1.15. The molecule has 0 radical (unpaired) electrons. The summed E-state index contributed by atoms with van der Waals surface area (Å²) in [7, 11) is 6.01. The number of ether oxygens (including phenoxy) is 1. The van der Waals surface area contributed by atoms with Crippen molar-refractivity contribution in [2.75, 3.05) is 27.7 Å². The number of hydrogen-bond acceptors (Lipinski definition) is 2. The van der Waals surface area contributed by atoms with E-state index >= 15 is 0 Å². The summed E-state index contributed by atoms with van der Waals surface area (Å²) in [5, 5.41) is 0. The minimum absolute atomic E-state index is 0.563. The van der Waals surface area contributed by atoms with Crippen LogP contribution in [0, 0.1) is 5.92 Å². The molecular formula is C15H25NO. The normalized spacial score (nSPS) is 14.7. The van der Waals surface area contributed by atoms with Gasteiger partial charge in [-0.05, 0) is 44.0 Å². The topological polar surface area (TPSA) is 12.5 Å². The molecule has 0 amide bonds. The van der Waals surface area contributed by atoms with Crippen molar-refractivity contribution in [3.63, 3.8) is 0 Å². The van der Waals surface area contributed by atoms with Crippen molar-refractivity contribution in [1.29, 1.82) is 0 Å². The molecule has 2 nitrogen and oxygen atoms in total. The molecule has 0 heterocycles. The maximum atomic E-state index is 5.47. The molecule has 2 heteroatoms. The van der Waals surface area contributed by atoms with E-state index in [4.69, 9.17) is 4.74 Å². The van der Waals surface area contributed by atoms with Crippen molar-refractivity contribution in [3.05, 3.63) is 29.8 Å². The molecule has 96 valence electrons. The van der Waals surface area contributed by atoms with Gasteiger partial charge in [0.15, 0.2) is 0 Å². The van der Waals surface area contributed by atoms with Crippen molar-refractivity contribution < 1.29 is 4.74 Å². The highest BCUT2D eigenvalue weighted by atomic mass is 16.5. The second kappa shape index (κ2) is 6.65. The smallest absolute Gasteiger partial charge is 0.122 e. The maximum Gasteiger partial charge on any atom is 0.122 e. The lowest BCUT2D eigenvalue weighted by Crippen LogP contribution is -2.24. The molecule has 2 unspecified atom stereocenters. The second-order valence-corrected chi connectivity index (χ2v) is 5.00. The monoisotopic (exact) mass is 235 g/mol. The zero-order chi connectivity index (χ0) is 12.8. The van der Waals surface area contributed by atoms with E-state index in [1.165, 1.54) is 5.56 Å². The van der Waals surface area contributed by atoms with Crippen LogP contribution < -0.4 is 4.74 Å². The first-order chi connectivity index (χ1) is 8.10. The number of hydrogen-bond donors (Lipinski definition) is 0. The average Bonchev–Trinajstić information content (AvgIpc) is 2.29. The molecule has 1 aromatic rings. The summed E-state index contributed by atoms with van der Waals surface area (Å²) in [6, 6.07) is 8.38. The van der Waals surface area contributed by atoms with E-state index in [0.717, 1.165) is 18.7 Å². The molecule has 1 aromatic carbocycles. The summed E-state index contributed by atoms with van der Waals surface area (Å²) in [5.41, 5.74) is 1.34. The van der Waals surface area contributed by atoms with Gasteiger partial charge < -0.3 is 9.64 Å². The van der Waals surface area contributed by atoms with Gasteiger partial charge in [-0.2, -0.15) is 0 Å². The summed E-state index contributed by atoms with van der Waals surface area (Å²) < 4.78 is 5.47. The fourth-order valence-electron chi connectivity index (χ4n) is 2.60. The van der Waals surface area contributed by atoms with Gasteiger partial charge in [0.2, 0.25) is 0 Å². The predicted octanol–water partition coefficient (Wildman–Crippen LogP) is 3.39. The molecule has 0 spiro atoms. The van der Waals surface area contributed by atoms with Gasteiger partial charge in [0, 0.05) is 6.54 Å². The average molecular weight is 235 g/mol. The Morgan fingerprint density at radius 3 is 2.41 bits per heavy atom. The molecule has 17 heavy (non-hydrogen) atoms. The van der Waals surface area contributed by atoms with Crippen LogP contribution in [0.4, 0.5) is 0 Å². The van der Waals surface area contributed by atoms with Crippen molar-refractivity contribution in [3.8, 4) is 5.75 Å². The van der Waals surface area contributed by atoms with Crippen LogP contribution in [0.1, 0.15) is 31.7 Å². The lowest BCUT2D eigenvalue weighted by atomic mass is 9.84. The Labute approximate surface area is 106 Å². The highest BCUT2D eigenvalue weighted by Crippen LogP contribution is 2.34. The predicted molar refractivity (Wildman–Crippen MR) is 73.7 cm³/mol. The van der Waals surface area contributed by atoms with Crippen LogP contribution in [0.15, 0.2) is 24.3 Å². The largest absolute Gasteiger partial charge is 0.496 e. The fourth-order valence-corrected chi connectivity index (χ4v) is 2.60. The van der Waals surface area contributed by atoms with E-state index in [-0.39, 0.29) is 0 Å². The first-order valence-electron chi connectivity index (χ1n) is 6.37. The summed E-state index contributed by atoms with van der Waals surface area (Å²) in [4.78, 5) is 2.25. The molecule has 2 atom stereocenters. The summed E-state index contributed by atoms with van der Waals surface area (Å²) >= 11 is 0. The molecule has 0 saturated heterocycles. The van der Waals surface area contributed by atoms with Gasteiger partial charge in [0.25, 0.3) is 0 Å². The number of benzene rings is 1. The molecule has 0 aliphatic rings. The van der Waals surface area contributed by atoms with Crippen LogP contribution >= 0.6 is 0 Å². The van der Waals surface area contributed by atoms with Crippen molar-refractivity contribution in [2.24, 2.45) is 5.92 Å². The Kier molecular flexibility index (Phi) is 5.49. The van der Waals surface area contributed by atoms with E-state index in [1.54, 1.807) is 7.11 Å². The Morgan fingerprint density at radius 1 is 1.24 bits per heavy atom. The zero-order valence-corrected chi connectivity index (χ0v) is 11.7. The summed E-state index contributed by atoms with van der Waals surface area (Å²) in [5.74, 6) is 2.21. The molecule has 0 fully saturated rings. The van der Waals surface area contributed by atoms with Crippen LogP contribution in [0.25, 0.3) is 0 Å². The lowest BCUT2D eigenvalue weighted by Gasteiger charge is -2.27. The Bertz CT molecular complexity index is 335. The zero-order valence-electron chi connectivity index (χ0n) is 11.7. The Hall–Kier alpha value is -1.02. The van der Waals surface area contributed by atoms with Crippen LogP contribution in [-0.4, -0.2) is 32.6 Å². The van der Waals surface area contributed by atoms with Gasteiger partial charge in [-0.15, -0.1) is 0 Å². The van der Waals surface area contributed by atoms with Crippen molar-refractivity contribution in [1.82, 2.24) is 4.90 Å². The van der Waals surface area contributed by atoms with Crippen LogP contribution in [-0.2, 0) is 0 Å².